The number of allylic oxidation sites excluding steroid dienone is 2. The van der Waals surface area contributed by atoms with E-state index in [2.05, 4.69) is 76.2 Å². The minimum Gasteiger partial charge on any atom is -0.507 e. The maximum atomic E-state index is 12.4. The molecule has 0 aliphatic heterocycles. The SMILES string of the molecule is CC1(C2=C[C@H]3Cc4cc(C5(C)CCCC5)cc(c4O)Cc4cc(C5(C)CCCC5)cc(c4O)Cc4cc(C5(C)CCCC5)cc(c4O)CC(=C2)[C@H]3O)CCCC1. The topological polar surface area (TPSA) is 80.9 Å². The van der Waals surface area contributed by atoms with E-state index >= 15 is 0 Å². The number of benzene rings is 3. The molecule has 8 bridgehead atoms. The first-order valence-corrected chi connectivity index (χ1v) is 22.4. The van der Waals surface area contributed by atoms with Crippen molar-refractivity contribution in [3.8, 4) is 17.2 Å². The second kappa shape index (κ2) is 14.1. The molecule has 298 valence electrons. The second-order valence-electron chi connectivity index (χ2n) is 20.7. The molecule has 4 heteroatoms. The second-order valence-corrected chi connectivity index (χ2v) is 20.7. The third-order valence-corrected chi connectivity index (χ3v) is 16.6. The number of phenolic OH excluding ortho intramolecular Hbond substituents is 3. The van der Waals surface area contributed by atoms with Gasteiger partial charge in [0.25, 0.3) is 0 Å². The van der Waals surface area contributed by atoms with Crippen molar-refractivity contribution < 1.29 is 20.4 Å². The highest BCUT2D eigenvalue weighted by Gasteiger charge is 2.39. The summed E-state index contributed by atoms with van der Waals surface area (Å²) in [7, 11) is 0. The fourth-order valence-electron chi connectivity index (χ4n) is 12.4. The minimum atomic E-state index is -0.731. The summed E-state index contributed by atoms with van der Waals surface area (Å²) in [5, 5.41) is 49.4. The van der Waals surface area contributed by atoms with E-state index < -0.39 is 6.10 Å². The summed E-state index contributed by atoms with van der Waals surface area (Å²) in [6.45, 7) is 9.55. The summed E-state index contributed by atoms with van der Waals surface area (Å²) in [6, 6.07) is 13.4. The lowest BCUT2D eigenvalue weighted by Gasteiger charge is -2.35. The molecular weight excluding hydrogens is 689 g/mol. The molecule has 4 N–H and O–H groups in total. The first kappa shape index (κ1) is 38.0. The molecule has 6 aliphatic carbocycles. The first-order valence-electron chi connectivity index (χ1n) is 22.4. The van der Waals surface area contributed by atoms with Crippen molar-refractivity contribution in [2.45, 2.75) is 178 Å². The van der Waals surface area contributed by atoms with Gasteiger partial charge in [0.15, 0.2) is 0 Å². The molecule has 4 fully saturated rings. The molecule has 56 heavy (non-hydrogen) atoms. The highest BCUT2D eigenvalue weighted by molar-refractivity contribution is 5.57. The van der Waals surface area contributed by atoms with E-state index in [0.717, 1.165) is 90.3 Å². The minimum absolute atomic E-state index is 0.0246. The van der Waals surface area contributed by atoms with Gasteiger partial charge >= 0.3 is 0 Å². The zero-order valence-corrected chi connectivity index (χ0v) is 34.7. The van der Waals surface area contributed by atoms with Crippen LogP contribution in [0.5, 0.6) is 17.2 Å². The van der Waals surface area contributed by atoms with Gasteiger partial charge in [0.1, 0.15) is 17.2 Å². The molecule has 0 unspecified atom stereocenters. The Balaban J connectivity index is 1.27. The average molecular weight is 755 g/mol. The van der Waals surface area contributed by atoms with Crippen molar-refractivity contribution in [3.05, 3.63) is 110 Å². The predicted molar refractivity (Wildman–Crippen MR) is 227 cm³/mol. The van der Waals surface area contributed by atoms with Gasteiger partial charge in [-0.25, -0.2) is 0 Å². The Hall–Kier alpha value is -3.50. The van der Waals surface area contributed by atoms with Crippen LogP contribution in [0.4, 0.5) is 0 Å². The van der Waals surface area contributed by atoms with Crippen LogP contribution in [0, 0.1) is 11.3 Å². The Morgan fingerprint density at radius 3 is 1.16 bits per heavy atom. The van der Waals surface area contributed by atoms with Gasteiger partial charge in [0.05, 0.1) is 6.10 Å². The lowest BCUT2D eigenvalue weighted by molar-refractivity contribution is 0.157. The molecule has 3 aromatic rings. The summed E-state index contributed by atoms with van der Waals surface area (Å²) < 4.78 is 0. The maximum Gasteiger partial charge on any atom is 0.122 e. The van der Waals surface area contributed by atoms with Gasteiger partial charge in [-0.05, 0) is 147 Å². The van der Waals surface area contributed by atoms with Crippen LogP contribution in [0.1, 0.15) is 180 Å². The molecule has 0 radical (unpaired) electrons. The first-order chi connectivity index (χ1) is 26.8. The van der Waals surface area contributed by atoms with Crippen LogP contribution in [0.2, 0.25) is 0 Å². The van der Waals surface area contributed by atoms with Crippen molar-refractivity contribution in [2.75, 3.05) is 0 Å². The Kier molecular flexibility index (Phi) is 9.58. The zero-order chi connectivity index (χ0) is 39.0. The van der Waals surface area contributed by atoms with Crippen LogP contribution >= 0.6 is 0 Å². The largest absolute Gasteiger partial charge is 0.507 e. The molecule has 0 spiro atoms. The van der Waals surface area contributed by atoms with E-state index in [1.54, 1.807) is 0 Å². The van der Waals surface area contributed by atoms with E-state index in [0.29, 0.717) is 37.2 Å². The number of aromatic hydroxyl groups is 3. The van der Waals surface area contributed by atoms with Crippen molar-refractivity contribution in [1.29, 1.82) is 0 Å². The number of hydrogen-bond acceptors (Lipinski definition) is 4. The number of fused-ring (bicyclic) bond motifs is 8. The van der Waals surface area contributed by atoms with E-state index in [4.69, 9.17) is 0 Å². The van der Waals surface area contributed by atoms with Gasteiger partial charge in [-0.15, -0.1) is 0 Å². The molecule has 6 aliphatic rings. The monoisotopic (exact) mass is 754 g/mol. The van der Waals surface area contributed by atoms with Crippen molar-refractivity contribution in [3.63, 3.8) is 0 Å². The fourth-order valence-corrected chi connectivity index (χ4v) is 12.4. The molecule has 4 nitrogen and oxygen atoms in total. The number of rotatable bonds is 4. The van der Waals surface area contributed by atoms with Gasteiger partial charge < -0.3 is 20.4 Å². The number of phenols is 3. The lowest BCUT2D eigenvalue weighted by atomic mass is 9.71. The predicted octanol–water partition coefficient (Wildman–Crippen LogP) is 12.0. The summed E-state index contributed by atoms with van der Waals surface area (Å²) in [6.07, 6.45) is 24.5. The van der Waals surface area contributed by atoms with Gasteiger partial charge in [-0.3, -0.25) is 0 Å². The van der Waals surface area contributed by atoms with Crippen molar-refractivity contribution >= 4 is 0 Å². The Morgan fingerprint density at radius 2 is 0.768 bits per heavy atom. The van der Waals surface area contributed by atoms with Crippen molar-refractivity contribution in [1.82, 2.24) is 0 Å². The highest BCUT2D eigenvalue weighted by atomic mass is 16.3. The van der Waals surface area contributed by atoms with Crippen molar-refractivity contribution in [2.24, 2.45) is 11.3 Å². The summed E-state index contributed by atoms with van der Waals surface area (Å²) in [5.74, 6) is 0.685. The molecule has 9 rings (SSSR count). The smallest absolute Gasteiger partial charge is 0.122 e. The Labute approximate surface area is 336 Å². The van der Waals surface area contributed by atoms with Crippen LogP contribution < -0.4 is 0 Å². The van der Waals surface area contributed by atoms with E-state index in [1.165, 1.54) is 73.6 Å². The molecule has 2 atom stereocenters. The fraction of sp³-hybridized carbons (Fsp3) is 0.577. The summed E-state index contributed by atoms with van der Waals surface area (Å²) in [4.78, 5) is 0. The standard InChI is InChI=1S/C52H66O4/c1-49(13-5-6-14-49)41-25-33-21-35-27-42(50(2)15-7-8-16-50)29-37(46(35)54)23-39-31-44(52(4)19-11-12-20-52)32-40(48(39)56)24-38-30-43(51(3)17-9-10-18-51)28-36(47(38)55)22-34(26-41)45(33)53/h25-33,45,53-56H,5-24H2,1-4H3/t33-,45+/m1/s1. The number of aliphatic hydroxyl groups excluding tert-OH is 1. The quantitative estimate of drug-likeness (QED) is 0.214. The molecule has 3 aromatic carbocycles. The van der Waals surface area contributed by atoms with Crippen LogP contribution in [0.3, 0.4) is 0 Å². The van der Waals surface area contributed by atoms with E-state index in [-0.39, 0.29) is 33.3 Å². The highest BCUT2D eigenvalue weighted by Crippen LogP contribution is 2.51. The number of hydrogen-bond donors (Lipinski definition) is 4. The summed E-state index contributed by atoms with van der Waals surface area (Å²) in [5.41, 5.74) is 11.4. The maximum absolute atomic E-state index is 12.4. The number of aliphatic hydroxyl groups is 1. The van der Waals surface area contributed by atoms with Crippen LogP contribution in [-0.2, 0) is 41.9 Å². The Morgan fingerprint density at radius 1 is 0.446 bits per heavy atom. The summed E-state index contributed by atoms with van der Waals surface area (Å²) >= 11 is 0. The van der Waals surface area contributed by atoms with Crippen LogP contribution in [0.15, 0.2) is 59.7 Å². The Bertz CT molecular complexity index is 2070. The molecule has 0 amide bonds. The molecule has 4 saturated carbocycles. The van der Waals surface area contributed by atoms with Gasteiger partial charge in [0, 0.05) is 18.8 Å². The third kappa shape index (κ3) is 6.64. The molecule has 0 heterocycles. The van der Waals surface area contributed by atoms with Crippen LogP contribution in [-0.4, -0.2) is 26.5 Å². The van der Waals surface area contributed by atoms with Gasteiger partial charge in [-0.1, -0.05) is 128 Å². The van der Waals surface area contributed by atoms with Gasteiger partial charge in [0.2, 0.25) is 0 Å². The average Bonchev–Trinajstić information content (AvgIpc) is 4.01. The lowest BCUT2D eigenvalue weighted by Crippen LogP contribution is -2.30. The van der Waals surface area contributed by atoms with Crippen LogP contribution in [0.25, 0.3) is 0 Å². The zero-order valence-electron chi connectivity index (χ0n) is 34.7. The normalized spacial score (nSPS) is 26.2. The molecule has 0 saturated heterocycles. The molecular formula is C52H66O4. The van der Waals surface area contributed by atoms with E-state index in [9.17, 15) is 20.4 Å². The third-order valence-electron chi connectivity index (χ3n) is 16.6. The van der Waals surface area contributed by atoms with Gasteiger partial charge in [-0.2, -0.15) is 0 Å². The van der Waals surface area contributed by atoms with E-state index in [1.807, 2.05) is 0 Å². The molecule has 0 aromatic heterocycles.